The minimum atomic E-state index is -4.77. The van der Waals surface area contributed by atoms with E-state index < -0.39 is 23.5 Å². The molecule has 148 valence electrons. The van der Waals surface area contributed by atoms with Gasteiger partial charge in [-0.3, -0.25) is 4.79 Å². The van der Waals surface area contributed by atoms with Gasteiger partial charge in [-0.2, -0.15) is 22.6 Å². The summed E-state index contributed by atoms with van der Waals surface area (Å²) in [5.41, 5.74) is -1.67. The molecule has 0 aliphatic heterocycles. The summed E-state index contributed by atoms with van der Waals surface area (Å²) in [5.74, 6) is -0.855. The molecule has 6 nitrogen and oxygen atoms in total. The molecule has 12 heteroatoms. The smallest absolute Gasteiger partial charge is 0.304 e. The van der Waals surface area contributed by atoms with E-state index in [4.69, 9.17) is 23.2 Å². The van der Waals surface area contributed by atoms with Gasteiger partial charge in [0.25, 0.3) is 5.91 Å². The Morgan fingerprint density at radius 2 is 1.90 bits per heavy atom. The summed E-state index contributed by atoms with van der Waals surface area (Å²) in [6.07, 6.45) is -3.44. The summed E-state index contributed by atoms with van der Waals surface area (Å²) in [5, 5.41) is 6.85. The number of amides is 1. The molecule has 0 radical (unpaired) electrons. The first-order chi connectivity index (χ1) is 13.8. The quantitative estimate of drug-likeness (QED) is 0.443. The van der Waals surface area contributed by atoms with Crippen molar-refractivity contribution in [3.8, 4) is 5.82 Å². The van der Waals surface area contributed by atoms with Crippen LogP contribution in [0.5, 0.6) is 0 Å². The van der Waals surface area contributed by atoms with E-state index in [2.05, 4.69) is 19.8 Å². The van der Waals surface area contributed by atoms with E-state index in [9.17, 15) is 18.0 Å². The van der Waals surface area contributed by atoms with Gasteiger partial charge in [0.05, 0.1) is 20.1 Å². The molecule has 0 saturated heterocycles. The van der Waals surface area contributed by atoms with Crippen LogP contribution in [0.3, 0.4) is 0 Å². The number of anilines is 1. The molecule has 4 rings (SSSR count). The molecule has 1 amide bonds. The molecule has 0 saturated carbocycles. The van der Waals surface area contributed by atoms with Crippen LogP contribution in [0.1, 0.15) is 16.2 Å². The van der Waals surface area contributed by atoms with Crippen LogP contribution in [-0.4, -0.2) is 25.0 Å². The van der Waals surface area contributed by atoms with Gasteiger partial charge in [-0.15, -0.1) is 0 Å². The van der Waals surface area contributed by atoms with Crippen molar-refractivity contribution in [2.45, 2.75) is 6.18 Å². The molecule has 0 fully saturated rings. The zero-order valence-corrected chi connectivity index (χ0v) is 16.4. The molecule has 0 bridgehead atoms. The van der Waals surface area contributed by atoms with Crippen molar-refractivity contribution in [3.05, 3.63) is 64.0 Å². The summed E-state index contributed by atoms with van der Waals surface area (Å²) in [7, 11) is 0. The zero-order valence-electron chi connectivity index (χ0n) is 14.0. The van der Waals surface area contributed by atoms with Gasteiger partial charge in [0.15, 0.2) is 17.3 Å². The number of alkyl halides is 3. The van der Waals surface area contributed by atoms with Gasteiger partial charge in [-0.25, -0.2) is 9.67 Å². The van der Waals surface area contributed by atoms with Crippen LogP contribution in [0.2, 0.25) is 10.0 Å². The van der Waals surface area contributed by atoms with Crippen LogP contribution in [0.15, 0.2) is 42.6 Å². The number of carbonyl (C=O) groups is 1. The van der Waals surface area contributed by atoms with Crippen molar-refractivity contribution in [1.82, 2.24) is 19.1 Å². The lowest BCUT2D eigenvalue weighted by molar-refractivity contribution is -0.141. The highest BCUT2D eigenvalue weighted by molar-refractivity contribution is 7.13. The molecule has 0 spiro atoms. The molecule has 4 aromatic rings. The molecule has 3 aromatic heterocycles. The second-order valence-electron chi connectivity index (χ2n) is 5.73. The van der Waals surface area contributed by atoms with E-state index >= 15 is 0 Å². The summed E-state index contributed by atoms with van der Waals surface area (Å²) in [6.45, 7) is 0. The van der Waals surface area contributed by atoms with Crippen LogP contribution in [0.4, 0.5) is 19.0 Å². The monoisotopic (exact) mass is 457 g/mol. The fourth-order valence-corrected chi connectivity index (χ4v) is 3.87. The molecular formula is C17H8Cl2F3N5OS. The second kappa shape index (κ2) is 7.29. The molecule has 1 N–H and O–H groups in total. The molecule has 3 heterocycles. The number of aromatic nitrogens is 4. The third-order valence-corrected chi connectivity index (χ3v) is 5.27. The normalized spacial score (nSPS) is 11.8. The summed E-state index contributed by atoms with van der Waals surface area (Å²) >= 11 is 13.3. The number of hydrogen-bond acceptors (Lipinski definition) is 5. The number of nitrogens with one attached hydrogen (secondary N) is 1. The van der Waals surface area contributed by atoms with Gasteiger partial charge in [-0.05, 0) is 35.8 Å². The molecule has 0 aliphatic rings. The summed E-state index contributed by atoms with van der Waals surface area (Å²) in [4.78, 5) is 16.8. The second-order valence-corrected chi connectivity index (χ2v) is 7.35. The van der Waals surface area contributed by atoms with Crippen molar-refractivity contribution in [1.29, 1.82) is 0 Å². The van der Waals surface area contributed by atoms with E-state index in [1.807, 2.05) is 0 Å². The number of carbonyl (C=O) groups excluding carboxylic acids is 1. The highest BCUT2D eigenvalue weighted by Crippen LogP contribution is 2.34. The minimum Gasteiger partial charge on any atom is -0.304 e. The molecule has 0 aliphatic carbocycles. The molecular weight excluding hydrogens is 450 g/mol. The van der Waals surface area contributed by atoms with Crippen molar-refractivity contribution < 1.29 is 18.0 Å². The Hall–Kier alpha value is -2.69. The first kappa shape index (κ1) is 19.6. The lowest BCUT2D eigenvalue weighted by Crippen LogP contribution is -2.18. The predicted molar refractivity (Wildman–Crippen MR) is 104 cm³/mol. The average molecular weight is 458 g/mol. The zero-order chi connectivity index (χ0) is 20.8. The van der Waals surface area contributed by atoms with E-state index in [0.29, 0.717) is 21.2 Å². The van der Waals surface area contributed by atoms with Crippen LogP contribution in [0.25, 0.3) is 15.9 Å². The Labute approximate surface area is 175 Å². The maximum atomic E-state index is 13.2. The Bertz CT molecular complexity index is 1240. The van der Waals surface area contributed by atoms with E-state index in [0.717, 1.165) is 16.2 Å². The summed E-state index contributed by atoms with van der Waals surface area (Å²) < 4.78 is 45.2. The third-order valence-electron chi connectivity index (χ3n) is 3.85. The van der Waals surface area contributed by atoms with Gasteiger partial charge in [0, 0.05) is 12.3 Å². The largest absolute Gasteiger partial charge is 0.435 e. The average Bonchev–Trinajstić information content (AvgIpc) is 3.27. The summed E-state index contributed by atoms with van der Waals surface area (Å²) in [6, 6.07) is 8.65. The van der Waals surface area contributed by atoms with Gasteiger partial charge in [-0.1, -0.05) is 29.3 Å². The maximum Gasteiger partial charge on any atom is 0.435 e. The lowest BCUT2D eigenvalue weighted by atomic mass is 10.2. The standard InChI is InChI=1S/C17H8Cl2F3N5OS/c18-8-3-1-5-11-13(8)14(26-29-11)24-16(28)10-7-12(17(20,21)22)25-27(10)15-9(19)4-2-6-23-15/h1-7H,(H,24,26,28). The maximum absolute atomic E-state index is 13.2. The fraction of sp³-hybridized carbons (Fsp3) is 0.0588. The van der Waals surface area contributed by atoms with Crippen LogP contribution < -0.4 is 5.32 Å². The number of benzene rings is 1. The number of halogens is 5. The van der Waals surface area contributed by atoms with Crippen molar-refractivity contribution in [3.63, 3.8) is 0 Å². The number of fused-ring (bicyclic) bond motifs is 1. The predicted octanol–water partition coefficient (Wildman–Crippen LogP) is 5.45. The Kier molecular flexibility index (Phi) is 4.93. The van der Waals surface area contributed by atoms with Crippen LogP contribution in [0, 0.1) is 0 Å². The molecule has 0 unspecified atom stereocenters. The fourth-order valence-electron chi connectivity index (χ4n) is 2.58. The first-order valence-corrected chi connectivity index (χ1v) is 9.42. The number of pyridine rings is 1. The van der Waals surface area contributed by atoms with Crippen LogP contribution >= 0.6 is 34.7 Å². The van der Waals surface area contributed by atoms with Gasteiger partial charge in [0.2, 0.25) is 0 Å². The third kappa shape index (κ3) is 3.66. The molecule has 1 aromatic carbocycles. The lowest BCUT2D eigenvalue weighted by Gasteiger charge is -2.08. The van der Waals surface area contributed by atoms with Crippen molar-refractivity contribution in [2.24, 2.45) is 0 Å². The van der Waals surface area contributed by atoms with Crippen molar-refractivity contribution >= 4 is 56.5 Å². The minimum absolute atomic E-state index is 0.0283. The number of rotatable bonds is 3. The van der Waals surface area contributed by atoms with E-state index in [1.165, 1.54) is 18.3 Å². The SMILES string of the molecule is O=C(Nc1nsc2cccc(Cl)c12)c1cc(C(F)(F)F)nn1-c1ncccc1Cl. The molecule has 29 heavy (non-hydrogen) atoms. The van der Waals surface area contributed by atoms with Crippen molar-refractivity contribution in [2.75, 3.05) is 5.32 Å². The van der Waals surface area contributed by atoms with Gasteiger partial charge >= 0.3 is 6.18 Å². The first-order valence-electron chi connectivity index (χ1n) is 7.89. The Morgan fingerprint density at radius 3 is 2.62 bits per heavy atom. The molecule has 0 atom stereocenters. The Morgan fingerprint density at radius 1 is 1.14 bits per heavy atom. The van der Waals surface area contributed by atoms with Crippen LogP contribution in [-0.2, 0) is 6.18 Å². The van der Waals surface area contributed by atoms with E-state index in [-0.39, 0.29) is 16.7 Å². The van der Waals surface area contributed by atoms with E-state index in [1.54, 1.807) is 18.2 Å². The van der Waals surface area contributed by atoms with Gasteiger partial charge in [0.1, 0.15) is 5.69 Å². The van der Waals surface area contributed by atoms with Gasteiger partial charge < -0.3 is 5.32 Å². The highest BCUT2D eigenvalue weighted by Gasteiger charge is 2.36. The topological polar surface area (TPSA) is 72.7 Å². The number of hydrogen-bond donors (Lipinski definition) is 1. The highest BCUT2D eigenvalue weighted by atomic mass is 35.5. The number of nitrogens with zero attached hydrogens (tertiary/aromatic N) is 4. The Balaban J connectivity index is 1.80.